The third kappa shape index (κ3) is 5.78. The lowest BCUT2D eigenvalue weighted by Gasteiger charge is -2.41. The van der Waals surface area contributed by atoms with Gasteiger partial charge in [0.15, 0.2) is 6.04 Å². The van der Waals surface area contributed by atoms with Gasteiger partial charge in [0.1, 0.15) is 0 Å². The predicted octanol–water partition coefficient (Wildman–Crippen LogP) is 6.44. The smallest absolute Gasteiger partial charge is 0.336 e. The van der Waals surface area contributed by atoms with E-state index in [4.69, 9.17) is 11.6 Å². The molecule has 0 aliphatic carbocycles. The first kappa shape index (κ1) is 25.8. The monoisotopic (exact) mass is 506 g/mol. The summed E-state index contributed by atoms with van der Waals surface area (Å²) in [5, 5.41) is 0.549. The molecule has 2 aromatic carbocycles. The molecular formula is C27H34ClF3N4. The lowest BCUT2D eigenvalue weighted by molar-refractivity contribution is -0.155. The van der Waals surface area contributed by atoms with Crippen molar-refractivity contribution in [3.8, 4) is 0 Å². The molecule has 0 spiro atoms. The number of aryl methyl sites for hydroxylation is 2. The second-order valence-corrected chi connectivity index (χ2v) is 10.1. The van der Waals surface area contributed by atoms with Crippen LogP contribution in [0.3, 0.4) is 0 Å². The average Bonchev–Trinajstić information content (AvgIpc) is 3.17. The molecule has 2 atom stereocenters. The largest absolute Gasteiger partial charge is 0.412 e. The predicted molar refractivity (Wildman–Crippen MR) is 137 cm³/mol. The van der Waals surface area contributed by atoms with E-state index >= 15 is 0 Å². The summed E-state index contributed by atoms with van der Waals surface area (Å²) >= 11 is 6.61. The van der Waals surface area contributed by atoms with E-state index in [1.165, 1.54) is 0 Å². The number of hydrogen-bond acceptors (Lipinski definition) is 4. The second kappa shape index (κ2) is 10.8. The molecule has 4 rings (SSSR count). The van der Waals surface area contributed by atoms with Crippen molar-refractivity contribution in [2.75, 3.05) is 31.1 Å². The van der Waals surface area contributed by atoms with E-state index in [-0.39, 0.29) is 0 Å². The molecule has 2 aliphatic rings. The third-order valence-electron chi connectivity index (χ3n) is 6.82. The number of guanidine groups is 1. The minimum absolute atomic E-state index is 0.306. The molecule has 0 saturated carbocycles. The number of fused-ring (bicyclic) bond motifs is 1. The molecule has 0 aromatic heterocycles. The van der Waals surface area contributed by atoms with Gasteiger partial charge in [-0.15, -0.1) is 0 Å². The van der Waals surface area contributed by atoms with Crippen molar-refractivity contribution >= 4 is 23.2 Å². The minimum atomic E-state index is -4.42. The minimum Gasteiger partial charge on any atom is -0.336 e. The van der Waals surface area contributed by atoms with Gasteiger partial charge in [0, 0.05) is 26.2 Å². The van der Waals surface area contributed by atoms with Crippen LogP contribution in [0.5, 0.6) is 0 Å². The van der Waals surface area contributed by atoms with E-state index < -0.39 is 18.3 Å². The maximum Gasteiger partial charge on any atom is 0.412 e. The Balaban J connectivity index is 1.65. The topological polar surface area (TPSA) is 22.1 Å². The summed E-state index contributed by atoms with van der Waals surface area (Å²) in [5.41, 5.74) is 3.83. The zero-order chi connectivity index (χ0) is 25.2. The molecule has 0 bridgehead atoms. The van der Waals surface area contributed by atoms with Gasteiger partial charge < -0.3 is 9.80 Å². The van der Waals surface area contributed by atoms with Crippen LogP contribution in [0.25, 0.3) is 0 Å². The molecule has 2 unspecified atom stereocenters. The Kier molecular flexibility index (Phi) is 7.96. The molecular weight excluding hydrogens is 473 g/mol. The Morgan fingerprint density at radius 3 is 2.51 bits per heavy atom. The van der Waals surface area contributed by atoms with Crippen LogP contribution < -0.4 is 4.90 Å². The van der Waals surface area contributed by atoms with Crippen LogP contribution in [0.4, 0.5) is 18.9 Å². The molecule has 1 saturated heterocycles. The highest BCUT2D eigenvalue weighted by Crippen LogP contribution is 2.39. The van der Waals surface area contributed by atoms with Crippen molar-refractivity contribution < 1.29 is 13.2 Å². The Morgan fingerprint density at radius 2 is 1.86 bits per heavy atom. The van der Waals surface area contributed by atoms with Gasteiger partial charge in [0.05, 0.1) is 16.8 Å². The number of aliphatic imine (C=N–C) groups is 1. The lowest BCUT2D eigenvalue weighted by Crippen LogP contribution is -2.56. The maximum absolute atomic E-state index is 14.3. The van der Waals surface area contributed by atoms with Gasteiger partial charge >= 0.3 is 6.18 Å². The molecule has 190 valence electrons. The van der Waals surface area contributed by atoms with E-state index in [0.29, 0.717) is 37.2 Å². The molecule has 2 aliphatic heterocycles. The van der Waals surface area contributed by atoms with E-state index in [1.807, 2.05) is 66.1 Å². The van der Waals surface area contributed by atoms with Crippen molar-refractivity contribution in [2.45, 2.75) is 64.8 Å². The van der Waals surface area contributed by atoms with Crippen LogP contribution in [0.15, 0.2) is 47.5 Å². The Hall–Kier alpha value is -2.25. The molecule has 2 heterocycles. The summed E-state index contributed by atoms with van der Waals surface area (Å²) in [6, 6.07) is 11.3. The number of alkyl halides is 3. The van der Waals surface area contributed by atoms with Gasteiger partial charge in [-0.2, -0.15) is 13.2 Å². The van der Waals surface area contributed by atoms with Crippen molar-refractivity contribution in [2.24, 2.45) is 4.99 Å². The highest BCUT2D eigenvalue weighted by molar-refractivity contribution is 6.34. The number of hydrogen-bond donors (Lipinski definition) is 0. The first-order valence-electron chi connectivity index (χ1n) is 12.4. The van der Waals surface area contributed by atoms with Gasteiger partial charge in [-0.25, -0.2) is 4.99 Å². The number of anilines is 1. The summed E-state index contributed by atoms with van der Waals surface area (Å²) in [7, 11) is 0. The Bertz CT molecular complexity index is 1020. The summed E-state index contributed by atoms with van der Waals surface area (Å²) in [6.45, 7) is 8.86. The average molecular weight is 507 g/mol. The number of rotatable bonds is 8. The molecule has 2 aromatic rings. The Morgan fingerprint density at radius 1 is 1.11 bits per heavy atom. The fourth-order valence-electron chi connectivity index (χ4n) is 5.27. The molecule has 35 heavy (non-hydrogen) atoms. The van der Waals surface area contributed by atoms with E-state index in [2.05, 4.69) is 16.8 Å². The summed E-state index contributed by atoms with van der Waals surface area (Å²) < 4.78 is 43.0. The van der Waals surface area contributed by atoms with Crippen LogP contribution in [0, 0.1) is 13.8 Å². The number of unbranched alkanes of at least 4 members (excludes halogenated alkanes) is 1. The van der Waals surface area contributed by atoms with Crippen LogP contribution in [0.1, 0.15) is 42.9 Å². The lowest BCUT2D eigenvalue weighted by atomic mass is 10.0. The first-order chi connectivity index (χ1) is 16.7. The molecule has 4 nitrogen and oxygen atoms in total. The fraction of sp³-hybridized carbons (Fsp3) is 0.519. The quantitative estimate of drug-likeness (QED) is 0.411. The highest BCUT2D eigenvalue weighted by atomic mass is 35.5. The van der Waals surface area contributed by atoms with Crippen LogP contribution >= 0.6 is 11.6 Å². The van der Waals surface area contributed by atoms with Crippen molar-refractivity contribution in [3.63, 3.8) is 0 Å². The van der Waals surface area contributed by atoms with E-state index in [9.17, 15) is 13.2 Å². The van der Waals surface area contributed by atoms with Crippen LogP contribution in [-0.2, 0) is 6.54 Å². The third-order valence-corrected chi connectivity index (χ3v) is 7.11. The number of halogens is 4. The van der Waals surface area contributed by atoms with E-state index in [1.54, 1.807) is 0 Å². The van der Waals surface area contributed by atoms with Crippen molar-refractivity contribution in [1.82, 2.24) is 9.80 Å². The van der Waals surface area contributed by atoms with Gasteiger partial charge in [-0.1, -0.05) is 61.3 Å². The molecule has 0 radical (unpaired) electrons. The molecule has 0 N–H and O–H groups in total. The summed E-state index contributed by atoms with van der Waals surface area (Å²) in [4.78, 5) is 10.3. The van der Waals surface area contributed by atoms with E-state index in [0.717, 1.165) is 48.2 Å². The normalized spacial score (nSPS) is 20.4. The van der Waals surface area contributed by atoms with Gasteiger partial charge in [0.25, 0.3) is 0 Å². The first-order valence-corrected chi connectivity index (χ1v) is 12.8. The number of nitrogens with zero attached hydrogens (tertiary/aromatic N) is 4. The molecule has 8 heteroatoms. The number of benzene rings is 2. The van der Waals surface area contributed by atoms with Crippen LogP contribution in [-0.4, -0.2) is 60.2 Å². The Labute approximate surface area is 211 Å². The zero-order valence-electron chi connectivity index (χ0n) is 20.7. The van der Waals surface area contributed by atoms with Crippen molar-refractivity contribution in [1.29, 1.82) is 0 Å². The molecule has 1 fully saturated rings. The second-order valence-electron chi connectivity index (χ2n) is 9.67. The SMILES string of the molecule is CCCCN(Cc1ccccc1)CC1C(C(F)(F)F)N=C2N(c3c(C)cc(C)cc3Cl)CCCN21. The summed E-state index contributed by atoms with van der Waals surface area (Å²) in [5.74, 6) is 0.396. The maximum atomic E-state index is 14.3. The zero-order valence-corrected chi connectivity index (χ0v) is 21.4. The van der Waals surface area contributed by atoms with Gasteiger partial charge in [-0.05, 0) is 56.0 Å². The standard InChI is InChI=1S/C27H34ClF3N4/c1-4-5-12-33(17-21-10-7-6-8-11-21)18-23-25(27(29,30)31)32-26-34(23)13-9-14-35(26)24-20(3)15-19(2)16-22(24)28/h6-8,10-11,15-16,23,25H,4-5,9,12-14,17-18H2,1-3H3. The van der Waals surface area contributed by atoms with Gasteiger partial charge in [0.2, 0.25) is 5.96 Å². The highest BCUT2D eigenvalue weighted by Gasteiger charge is 2.53. The van der Waals surface area contributed by atoms with Gasteiger partial charge in [-0.3, -0.25) is 4.90 Å². The fourth-order valence-corrected chi connectivity index (χ4v) is 5.69. The summed E-state index contributed by atoms with van der Waals surface area (Å²) in [6.07, 6.45) is -1.75. The van der Waals surface area contributed by atoms with Crippen molar-refractivity contribution in [3.05, 3.63) is 64.2 Å². The molecule has 0 amide bonds. The van der Waals surface area contributed by atoms with Crippen LogP contribution in [0.2, 0.25) is 5.02 Å².